The minimum Gasteiger partial charge on any atom is -0.393 e. The molecule has 3 heteroatoms. The molecule has 98 valence electrons. The lowest BCUT2D eigenvalue weighted by Gasteiger charge is -2.25. The lowest BCUT2D eigenvalue weighted by molar-refractivity contribution is 0.121. The van der Waals surface area contributed by atoms with Crippen molar-refractivity contribution >= 4 is 0 Å². The van der Waals surface area contributed by atoms with Gasteiger partial charge in [-0.25, -0.2) is 0 Å². The highest BCUT2D eigenvalue weighted by molar-refractivity contribution is 5.37. The molecule has 1 fully saturated rings. The summed E-state index contributed by atoms with van der Waals surface area (Å²) in [6.07, 6.45) is 1.93. The Kier molecular flexibility index (Phi) is 3.14. The van der Waals surface area contributed by atoms with Gasteiger partial charge >= 0.3 is 0 Å². The molecule has 4 unspecified atom stereocenters. The third kappa shape index (κ3) is 1.96. The van der Waals surface area contributed by atoms with Gasteiger partial charge in [-0.05, 0) is 43.4 Å². The summed E-state index contributed by atoms with van der Waals surface area (Å²) in [5, 5.41) is 9.71. The van der Waals surface area contributed by atoms with Crippen molar-refractivity contribution in [3.05, 3.63) is 35.4 Å². The number of fused-ring (bicyclic) bond motifs is 1. The quantitative estimate of drug-likeness (QED) is 0.837. The van der Waals surface area contributed by atoms with Gasteiger partial charge in [0.25, 0.3) is 0 Å². The Balaban J connectivity index is 1.80. The van der Waals surface area contributed by atoms with Gasteiger partial charge in [0.15, 0.2) is 0 Å². The predicted molar refractivity (Wildman–Crippen MR) is 72.1 cm³/mol. The first kappa shape index (κ1) is 12.2. The molecule has 0 saturated carbocycles. The van der Waals surface area contributed by atoms with Gasteiger partial charge in [0, 0.05) is 18.6 Å². The number of benzene rings is 1. The zero-order valence-electron chi connectivity index (χ0n) is 10.9. The fraction of sp³-hybridized carbons (Fsp3) is 0.600. The Hall–Kier alpha value is -0.900. The van der Waals surface area contributed by atoms with Crippen LogP contribution in [0.25, 0.3) is 0 Å². The fourth-order valence-corrected chi connectivity index (χ4v) is 3.48. The molecule has 3 rings (SSSR count). The predicted octanol–water partition coefficient (Wildman–Crippen LogP) is 1.83. The van der Waals surface area contributed by atoms with E-state index in [4.69, 9.17) is 5.73 Å². The Morgan fingerprint density at radius 2 is 2.06 bits per heavy atom. The van der Waals surface area contributed by atoms with Crippen molar-refractivity contribution in [2.45, 2.75) is 38.0 Å². The van der Waals surface area contributed by atoms with Crippen LogP contribution in [0.5, 0.6) is 0 Å². The number of aliphatic hydroxyl groups is 1. The first-order valence-corrected chi connectivity index (χ1v) is 6.93. The maximum Gasteiger partial charge on any atom is 0.0552 e. The molecule has 0 spiro atoms. The van der Waals surface area contributed by atoms with Gasteiger partial charge in [0.1, 0.15) is 0 Å². The molecule has 1 aromatic rings. The van der Waals surface area contributed by atoms with Gasteiger partial charge in [0.2, 0.25) is 0 Å². The zero-order valence-corrected chi connectivity index (χ0v) is 10.9. The fourth-order valence-electron chi connectivity index (χ4n) is 3.48. The van der Waals surface area contributed by atoms with Crippen LogP contribution in [0.4, 0.5) is 0 Å². The number of hydrogen-bond donors (Lipinski definition) is 2. The van der Waals surface area contributed by atoms with E-state index in [1.807, 2.05) is 6.92 Å². The first-order valence-electron chi connectivity index (χ1n) is 6.93. The molecule has 0 aromatic heterocycles. The van der Waals surface area contributed by atoms with Crippen LogP contribution in [0, 0.1) is 5.92 Å². The van der Waals surface area contributed by atoms with Gasteiger partial charge in [0.05, 0.1) is 6.10 Å². The minimum absolute atomic E-state index is 0.178. The van der Waals surface area contributed by atoms with E-state index in [-0.39, 0.29) is 12.1 Å². The summed E-state index contributed by atoms with van der Waals surface area (Å²) in [4.78, 5) is 2.50. The Morgan fingerprint density at radius 1 is 1.33 bits per heavy atom. The molecule has 0 radical (unpaired) electrons. The highest BCUT2D eigenvalue weighted by atomic mass is 16.3. The molecular formula is C15H22N2O. The molecule has 1 aromatic carbocycles. The smallest absolute Gasteiger partial charge is 0.0552 e. The SMILES string of the molecule is CC(O)C1CCN(C2CC(N)c3ccccc32)C1. The van der Waals surface area contributed by atoms with E-state index >= 15 is 0 Å². The molecule has 18 heavy (non-hydrogen) atoms. The van der Waals surface area contributed by atoms with Gasteiger partial charge in [-0.1, -0.05) is 24.3 Å². The standard InChI is InChI=1S/C15H22N2O/c1-10(18)11-6-7-17(9-11)15-8-14(16)12-4-2-3-5-13(12)15/h2-5,10-11,14-15,18H,6-9,16H2,1H3. The summed E-state index contributed by atoms with van der Waals surface area (Å²) in [5.74, 6) is 0.425. The summed E-state index contributed by atoms with van der Waals surface area (Å²) in [6.45, 7) is 3.99. The number of aliphatic hydroxyl groups excluding tert-OH is 1. The number of likely N-dealkylation sites (tertiary alicyclic amines) is 1. The van der Waals surface area contributed by atoms with Gasteiger partial charge in [-0.3, -0.25) is 4.90 Å². The highest BCUT2D eigenvalue weighted by Gasteiger charge is 2.36. The van der Waals surface area contributed by atoms with E-state index < -0.39 is 0 Å². The summed E-state index contributed by atoms with van der Waals surface area (Å²) >= 11 is 0. The van der Waals surface area contributed by atoms with Crippen LogP contribution in [-0.2, 0) is 0 Å². The summed E-state index contributed by atoms with van der Waals surface area (Å²) in [7, 11) is 0. The van der Waals surface area contributed by atoms with Crippen LogP contribution in [-0.4, -0.2) is 29.2 Å². The molecule has 1 heterocycles. The largest absolute Gasteiger partial charge is 0.393 e. The molecule has 0 amide bonds. The number of nitrogens with two attached hydrogens (primary N) is 1. The Bertz CT molecular complexity index is 432. The average molecular weight is 246 g/mol. The maximum absolute atomic E-state index is 9.71. The Morgan fingerprint density at radius 3 is 2.72 bits per heavy atom. The van der Waals surface area contributed by atoms with E-state index in [2.05, 4.69) is 29.2 Å². The van der Waals surface area contributed by atoms with Crippen LogP contribution < -0.4 is 5.73 Å². The molecule has 1 saturated heterocycles. The summed E-state index contributed by atoms with van der Waals surface area (Å²) in [6, 6.07) is 9.18. The average Bonchev–Trinajstić information content (AvgIpc) is 2.95. The van der Waals surface area contributed by atoms with Gasteiger partial charge < -0.3 is 10.8 Å². The van der Waals surface area contributed by atoms with E-state index in [9.17, 15) is 5.11 Å². The lowest BCUT2D eigenvalue weighted by atomic mass is 10.0. The van der Waals surface area contributed by atoms with E-state index in [0.29, 0.717) is 12.0 Å². The lowest BCUT2D eigenvalue weighted by Crippen LogP contribution is -2.27. The monoisotopic (exact) mass is 246 g/mol. The highest BCUT2D eigenvalue weighted by Crippen LogP contribution is 2.42. The van der Waals surface area contributed by atoms with E-state index in [0.717, 1.165) is 25.9 Å². The van der Waals surface area contributed by atoms with Crippen molar-refractivity contribution in [1.29, 1.82) is 0 Å². The van der Waals surface area contributed by atoms with E-state index in [1.54, 1.807) is 0 Å². The Labute approximate surface area is 109 Å². The molecule has 0 bridgehead atoms. The second kappa shape index (κ2) is 4.65. The summed E-state index contributed by atoms with van der Waals surface area (Å²) in [5.41, 5.74) is 8.93. The maximum atomic E-state index is 9.71. The second-order valence-corrected chi connectivity index (χ2v) is 5.77. The van der Waals surface area contributed by atoms with Crippen LogP contribution in [0.2, 0.25) is 0 Å². The molecule has 2 aliphatic rings. The third-order valence-electron chi connectivity index (χ3n) is 4.61. The zero-order chi connectivity index (χ0) is 12.7. The number of hydrogen-bond acceptors (Lipinski definition) is 3. The molecular weight excluding hydrogens is 224 g/mol. The number of rotatable bonds is 2. The van der Waals surface area contributed by atoms with Gasteiger partial charge in [-0.15, -0.1) is 0 Å². The topological polar surface area (TPSA) is 49.5 Å². The van der Waals surface area contributed by atoms with Crippen molar-refractivity contribution in [3.63, 3.8) is 0 Å². The molecule has 4 atom stereocenters. The molecule has 1 aliphatic carbocycles. The van der Waals surface area contributed by atoms with Crippen LogP contribution in [0.3, 0.4) is 0 Å². The van der Waals surface area contributed by atoms with Crippen LogP contribution in [0.15, 0.2) is 24.3 Å². The van der Waals surface area contributed by atoms with Crippen molar-refractivity contribution in [2.75, 3.05) is 13.1 Å². The van der Waals surface area contributed by atoms with Crippen molar-refractivity contribution in [3.8, 4) is 0 Å². The summed E-state index contributed by atoms with van der Waals surface area (Å²) < 4.78 is 0. The van der Waals surface area contributed by atoms with Crippen molar-refractivity contribution in [2.24, 2.45) is 11.7 Å². The van der Waals surface area contributed by atoms with Crippen LogP contribution >= 0.6 is 0 Å². The molecule has 3 nitrogen and oxygen atoms in total. The number of nitrogens with zero attached hydrogens (tertiary/aromatic N) is 1. The minimum atomic E-state index is -0.194. The third-order valence-corrected chi connectivity index (χ3v) is 4.61. The van der Waals surface area contributed by atoms with Crippen molar-refractivity contribution in [1.82, 2.24) is 4.90 Å². The molecule has 3 N–H and O–H groups in total. The van der Waals surface area contributed by atoms with Gasteiger partial charge in [-0.2, -0.15) is 0 Å². The van der Waals surface area contributed by atoms with E-state index in [1.165, 1.54) is 11.1 Å². The first-order chi connectivity index (χ1) is 8.66. The van der Waals surface area contributed by atoms with Crippen molar-refractivity contribution < 1.29 is 5.11 Å². The molecule has 1 aliphatic heterocycles. The normalized spacial score (nSPS) is 33.6. The second-order valence-electron chi connectivity index (χ2n) is 5.77. The van der Waals surface area contributed by atoms with Crippen LogP contribution in [0.1, 0.15) is 43.0 Å².